The molecule has 0 aliphatic heterocycles. The highest BCUT2D eigenvalue weighted by atomic mass is 16.3. The van der Waals surface area contributed by atoms with Gasteiger partial charge in [0.05, 0.1) is 12.1 Å². The molecule has 1 rings (SSSR count). The fourth-order valence-corrected chi connectivity index (χ4v) is 1.50. The van der Waals surface area contributed by atoms with E-state index >= 15 is 0 Å². The van der Waals surface area contributed by atoms with Crippen LogP contribution in [0.3, 0.4) is 0 Å². The summed E-state index contributed by atoms with van der Waals surface area (Å²) in [6.07, 6.45) is 0.791. The molecule has 0 unspecified atom stereocenters. The summed E-state index contributed by atoms with van der Waals surface area (Å²) in [5.74, 6) is 2.47. The number of likely N-dealkylation sites (N-methyl/N-ethyl adjacent to an activating group) is 1. The number of nitrogens with one attached hydrogen (secondary N) is 1. The fourth-order valence-electron chi connectivity index (χ4n) is 1.50. The highest BCUT2D eigenvalue weighted by Gasteiger charge is 2.24. The lowest BCUT2D eigenvalue weighted by Gasteiger charge is -2.35. The summed E-state index contributed by atoms with van der Waals surface area (Å²) in [6.45, 7) is 8.93. The van der Waals surface area contributed by atoms with Crippen LogP contribution in [0.15, 0.2) is 6.07 Å². The average molecular weight is 252 g/mol. The number of aromatic nitrogens is 2. The van der Waals surface area contributed by atoms with Gasteiger partial charge in [-0.05, 0) is 20.8 Å². The minimum absolute atomic E-state index is 0.0749. The molecule has 1 heterocycles. The molecule has 5 nitrogen and oxygen atoms in total. The number of aliphatic hydroxyl groups excluding tert-OH is 1. The van der Waals surface area contributed by atoms with Crippen LogP contribution in [0.2, 0.25) is 0 Å². The minimum Gasteiger partial charge on any atom is -0.394 e. The zero-order chi connectivity index (χ0) is 13.8. The Labute approximate surface area is 109 Å². The third-order valence-electron chi connectivity index (χ3n) is 3.07. The van der Waals surface area contributed by atoms with E-state index in [0.29, 0.717) is 0 Å². The number of aliphatic hydroxyl groups is 1. The van der Waals surface area contributed by atoms with Crippen LogP contribution in [0, 0.1) is 0 Å². The third-order valence-corrected chi connectivity index (χ3v) is 3.07. The van der Waals surface area contributed by atoms with E-state index < -0.39 is 0 Å². The molecule has 0 aliphatic rings. The summed E-state index contributed by atoms with van der Waals surface area (Å²) in [5.41, 5.74) is -0.344. The molecule has 5 heteroatoms. The number of aryl methyl sites for hydroxylation is 1. The summed E-state index contributed by atoms with van der Waals surface area (Å²) >= 11 is 0. The summed E-state index contributed by atoms with van der Waals surface area (Å²) in [7, 11) is 1.94. The molecule has 0 atom stereocenters. The minimum atomic E-state index is -0.344. The molecule has 0 spiro atoms. The molecule has 2 N–H and O–H groups in total. The van der Waals surface area contributed by atoms with Crippen molar-refractivity contribution in [3.63, 3.8) is 0 Å². The summed E-state index contributed by atoms with van der Waals surface area (Å²) in [4.78, 5) is 10.9. The van der Waals surface area contributed by atoms with Gasteiger partial charge in [0.1, 0.15) is 17.5 Å². The first-order valence-electron chi connectivity index (χ1n) is 6.41. The molecule has 0 saturated carbocycles. The van der Waals surface area contributed by atoms with Gasteiger partial charge in [-0.25, -0.2) is 9.97 Å². The van der Waals surface area contributed by atoms with Crippen LogP contribution in [0.5, 0.6) is 0 Å². The predicted octanol–water partition coefficient (Wildman–Crippen LogP) is 1.68. The lowest BCUT2D eigenvalue weighted by molar-refractivity contribution is 0.215. The first kappa shape index (κ1) is 14.7. The van der Waals surface area contributed by atoms with Crippen molar-refractivity contribution in [1.29, 1.82) is 0 Å². The maximum atomic E-state index is 9.42. The zero-order valence-electron chi connectivity index (χ0n) is 12.0. The van der Waals surface area contributed by atoms with Gasteiger partial charge in [0.25, 0.3) is 0 Å². The van der Waals surface area contributed by atoms with Crippen molar-refractivity contribution in [2.24, 2.45) is 0 Å². The van der Waals surface area contributed by atoms with Crippen LogP contribution in [0.1, 0.15) is 33.5 Å². The van der Waals surface area contributed by atoms with E-state index in [1.807, 2.05) is 45.7 Å². The topological polar surface area (TPSA) is 61.3 Å². The molecule has 18 heavy (non-hydrogen) atoms. The molecule has 0 aliphatic carbocycles. The smallest absolute Gasteiger partial charge is 0.134 e. The van der Waals surface area contributed by atoms with Gasteiger partial charge in [0, 0.05) is 26.1 Å². The maximum absolute atomic E-state index is 9.42. The van der Waals surface area contributed by atoms with Crippen molar-refractivity contribution < 1.29 is 5.11 Å². The van der Waals surface area contributed by atoms with Crippen molar-refractivity contribution in [3.05, 3.63) is 11.9 Å². The van der Waals surface area contributed by atoms with Crippen LogP contribution < -0.4 is 10.2 Å². The second kappa shape index (κ2) is 6.00. The van der Waals surface area contributed by atoms with Gasteiger partial charge in [0.2, 0.25) is 0 Å². The number of rotatable bonds is 6. The predicted molar refractivity (Wildman–Crippen MR) is 75.1 cm³/mol. The zero-order valence-corrected chi connectivity index (χ0v) is 12.0. The highest BCUT2D eigenvalue weighted by Crippen LogP contribution is 2.22. The van der Waals surface area contributed by atoms with E-state index in [1.165, 1.54) is 0 Å². The first-order chi connectivity index (χ1) is 8.44. The number of hydrogen-bond donors (Lipinski definition) is 2. The van der Waals surface area contributed by atoms with E-state index in [9.17, 15) is 5.11 Å². The van der Waals surface area contributed by atoms with E-state index in [0.717, 1.165) is 30.4 Å². The molecule has 0 saturated heterocycles. The maximum Gasteiger partial charge on any atom is 0.134 e. The van der Waals surface area contributed by atoms with Crippen LogP contribution >= 0.6 is 0 Å². The van der Waals surface area contributed by atoms with E-state index in [1.54, 1.807) is 0 Å². The standard InChI is InChI=1S/C13H24N4O/c1-6-10-15-11(14-7-2)8-12(16-10)17(5)13(3,4)9-18/h8,18H,6-7,9H2,1-5H3,(H,14,15,16). The lowest BCUT2D eigenvalue weighted by atomic mass is 10.1. The Morgan fingerprint density at radius 1 is 1.33 bits per heavy atom. The lowest BCUT2D eigenvalue weighted by Crippen LogP contribution is -2.45. The Morgan fingerprint density at radius 2 is 2.00 bits per heavy atom. The van der Waals surface area contributed by atoms with Crippen molar-refractivity contribution >= 4 is 11.6 Å². The molecule has 0 radical (unpaired) electrons. The Bertz CT molecular complexity index is 393. The molecule has 1 aromatic heterocycles. The van der Waals surface area contributed by atoms with Gasteiger partial charge in [0.15, 0.2) is 0 Å². The van der Waals surface area contributed by atoms with Gasteiger partial charge in [-0.2, -0.15) is 0 Å². The summed E-state index contributed by atoms with van der Waals surface area (Å²) in [6, 6.07) is 1.92. The Kier molecular flexibility index (Phi) is 4.90. The quantitative estimate of drug-likeness (QED) is 0.806. The molecular formula is C13H24N4O. The molecular weight excluding hydrogens is 228 g/mol. The van der Waals surface area contributed by atoms with Crippen molar-refractivity contribution in [2.75, 3.05) is 30.4 Å². The fraction of sp³-hybridized carbons (Fsp3) is 0.692. The van der Waals surface area contributed by atoms with E-state index in [2.05, 4.69) is 15.3 Å². The van der Waals surface area contributed by atoms with Crippen LogP contribution in [0.25, 0.3) is 0 Å². The van der Waals surface area contributed by atoms with Crippen molar-refractivity contribution in [3.8, 4) is 0 Å². The number of hydrogen-bond acceptors (Lipinski definition) is 5. The molecule has 0 amide bonds. The normalized spacial score (nSPS) is 11.4. The van der Waals surface area contributed by atoms with Crippen molar-refractivity contribution in [1.82, 2.24) is 9.97 Å². The molecule has 102 valence electrons. The Hall–Kier alpha value is -1.36. The summed E-state index contributed by atoms with van der Waals surface area (Å²) < 4.78 is 0. The number of nitrogens with zero attached hydrogens (tertiary/aromatic N) is 3. The average Bonchev–Trinajstić information content (AvgIpc) is 2.37. The molecule has 0 aromatic carbocycles. The molecule has 0 bridgehead atoms. The first-order valence-corrected chi connectivity index (χ1v) is 6.41. The van der Waals surface area contributed by atoms with Crippen molar-refractivity contribution in [2.45, 2.75) is 39.7 Å². The molecule has 1 aromatic rings. The third kappa shape index (κ3) is 3.32. The monoisotopic (exact) mass is 252 g/mol. The second-order valence-corrected chi connectivity index (χ2v) is 4.94. The van der Waals surface area contributed by atoms with Gasteiger partial charge >= 0.3 is 0 Å². The van der Waals surface area contributed by atoms with Gasteiger partial charge in [-0.1, -0.05) is 6.92 Å². The van der Waals surface area contributed by atoms with Gasteiger partial charge in [-0.15, -0.1) is 0 Å². The van der Waals surface area contributed by atoms with Crippen LogP contribution in [0.4, 0.5) is 11.6 Å². The van der Waals surface area contributed by atoms with Crippen LogP contribution in [-0.4, -0.2) is 40.8 Å². The number of anilines is 2. The largest absolute Gasteiger partial charge is 0.394 e. The van der Waals surface area contributed by atoms with Crippen LogP contribution in [-0.2, 0) is 6.42 Å². The highest BCUT2D eigenvalue weighted by molar-refractivity contribution is 5.50. The Balaban J connectivity index is 3.11. The van der Waals surface area contributed by atoms with Gasteiger partial charge < -0.3 is 15.3 Å². The summed E-state index contributed by atoms with van der Waals surface area (Å²) in [5, 5.41) is 12.6. The Morgan fingerprint density at radius 3 is 2.50 bits per heavy atom. The van der Waals surface area contributed by atoms with Gasteiger partial charge in [-0.3, -0.25) is 0 Å². The SMILES string of the molecule is CCNc1cc(N(C)C(C)(C)CO)nc(CC)n1. The molecule has 0 fully saturated rings. The van der Waals surface area contributed by atoms with E-state index in [-0.39, 0.29) is 12.1 Å². The second-order valence-electron chi connectivity index (χ2n) is 4.94. The van der Waals surface area contributed by atoms with E-state index in [4.69, 9.17) is 0 Å².